The number of anilines is 1. The number of carbonyl (C=O) groups is 2. The lowest BCUT2D eigenvalue weighted by Gasteiger charge is -2.35. The van der Waals surface area contributed by atoms with Gasteiger partial charge >= 0.3 is 0 Å². The molecular weight excluding hydrogens is 392 g/mol. The van der Waals surface area contributed by atoms with Gasteiger partial charge in [0.1, 0.15) is 0 Å². The Kier molecular flexibility index (Phi) is 4.89. The average molecular weight is 421 g/mol. The Morgan fingerprint density at radius 3 is 2.50 bits per heavy atom. The van der Waals surface area contributed by atoms with Gasteiger partial charge in [-0.3, -0.25) is 9.59 Å². The van der Waals surface area contributed by atoms with E-state index in [0.717, 1.165) is 53.8 Å². The van der Waals surface area contributed by atoms with Gasteiger partial charge in [0, 0.05) is 23.8 Å². The number of hydrogen-bond acceptors (Lipinski definition) is 3. The third-order valence-electron chi connectivity index (χ3n) is 6.78. The lowest BCUT2D eigenvalue weighted by Crippen LogP contribution is -2.51. The maximum atomic E-state index is 14.0. The summed E-state index contributed by atoms with van der Waals surface area (Å²) in [6, 6.07) is 14.6. The van der Waals surface area contributed by atoms with E-state index in [4.69, 9.17) is 0 Å². The Hall–Kier alpha value is -2.27. The predicted molar refractivity (Wildman–Crippen MR) is 121 cm³/mol. The minimum absolute atomic E-state index is 0.0394. The first kappa shape index (κ1) is 19.7. The molecule has 30 heavy (non-hydrogen) atoms. The molecule has 2 aromatic carbocycles. The number of amides is 2. The van der Waals surface area contributed by atoms with Crippen molar-refractivity contribution in [2.75, 3.05) is 17.2 Å². The molecule has 1 saturated heterocycles. The van der Waals surface area contributed by atoms with Gasteiger partial charge < -0.3 is 9.80 Å². The second kappa shape index (κ2) is 7.45. The van der Waals surface area contributed by atoms with Crippen molar-refractivity contribution >= 4 is 29.3 Å². The van der Waals surface area contributed by atoms with E-state index in [0.29, 0.717) is 13.1 Å². The number of aryl methyl sites for hydroxylation is 2. The lowest BCUT2D eigenvalue weighted by molar-refractivity contribution is -0.143. The smallest absolute Gasteiger partial charge is 0.268 e. The van der Waals surface area contributed by atoms with Gasteiger partial charge in [-0.1, -0.05) is 60.4 Å². The number of nitrogens with zero attached hydrogens (tertiary/aromatic N) is 2. The zero-order chi connectivity index (χ0) is 20.9. The Labute approximate surface area is 182 Å². The highest BCUT2D eigenvalue weighted by Gasteiger charge is 2.59. The van der Waals surface area contributed by atoms with Gasteiger partial charge in [0.25, 0.3) is 5.91 Å². The molecule has 0 unspecified atom stereocenters. The number of hydrogen-bond donors (Lipinski definition) is 0. The van der Waals surface area contributed by atoms with Gasteiger partial charge in [0.2, 0.25) is 5.91 Å². The van der Waals surface area contributed by atoms with Gasteiger partial charge in [-0.05, 0) is 38.3 Å². The van der Waals surface area contributed by atoms with E-state index in [9.17, 15) is 9.59 Å². The van der Waals surface area contributed by atoms with Crippen molar-refractivity contribution in [3.63, 3.8) is 0 Å². The van der Waals surface area contributed by atoms with Gasteiger partial charge in [-0.2, -0.15) is 0 Å². The maximum absolute atomic E-state index is 14.0. The van der Waals surface area contributed by atoms with Crippen LogP contribution in [0, 0.1) is 19.8 Å². The number of fused-ring (bicyclic) bond motifs is 2. The van der Waals surface area contributed by atoms with Crippen LogP contribution in [-0.2, 0) is 21.0 Å². The second-order valence-electron chi connectivity index (χ2n) is 8.86. The molecule has 156 valence electrons. The Balaban J connectivity index is 1.56. The van der Waals surface area contributed by atoms with Crippen LogP contribution >= 0.6 is 11.8 Å². The molecule has 0 bridgehead atoms. The largest absolute Gasteiger partial charge is 0.315 e. The van der Waals surface area contributed by atoms with Crippen LogP contribution in [0.4, 0.5) is 5.69 Å². The van der Waals surface area contributed by atoms with Crippen LogP contribution in [0.25, 0.3) is 0 Å². The molecule has 2 fully saturated rings. The van der Waals surface area contributed by atoms with E-state index in [1.54, 1.807) is 11.8 Å². The van der Waals surface area contributed by atoms with Gasteiger partial charge in [-0.25, -0.2) is 0 Å². The number of rotatable bonds is 3. The van der Waals surface area contributed by atoms with Gasteiger partial charge in [-0.15, -0.1) is 11.8 Å². The molecule has 2 amide bonds. The molecule has 1 saturated carbocycles. The minimum Gasteiger partial charge on any atom is -0.315 e. The van der Waals surface area contributed by atoms with E-state index in [-0.39, 0.29) is 17.7 Å². The van der Waals surface area contributed by atoms with Crippen LogP contribution in [0.1, 0.15) is 47.9 Å². The zero-order valence-corrected chi connectivity index (χ0v) is 18.5. The molecule has 5 heteroatoms. The lowest BCUT2D eigenvalue weighted by atomic mass is 10.00. The fourth-order valence-corrected chi connectivity index (χ4v) is 6.64. The first-order valence-electron chi connectivity index (χ1n) is 10.9. The van der Waals surface area contributed by atoms with Crippen LogP contribution in [0.2, 0.25) is 0 Å². The van der Waals surface area contributed by atoms with Crippen LogP contribution in [0.3, 0.4) is 0 Å². The standard InChI is InChI=1S/C25H28N2O2S/c1-17-7-10-19(11-8-17)16-26-22-12-9-18(2)15-21(22)25(24(26)29)27(13-14-30-25)23(28)20-5-3-4-6-20/h7-12,15,20H,3-6,13-14,16H2,1-2H3/t25-/m0/s1. The van der Waals surface area contributed by atoms with Crippen LogP contribution in [0.15, 0.2) is 42.5 Å². The summed E-state index contributed by atoms with van der Waals surface area (Å²) in [5, 5.41) is 0. The molecule has 5 rings (SSSR count). The van der Waals surface area contributed by atoms with Crippen molar-refractivity contribution in [3.8, 4) is 0 Å². The van der Waals surface area contributed by atoms with E-state index in [2.05, 4.69) is 56.3 Å². The summed E-state index contributed by atoms with van der Waals surface area (Å²) >= 11 is 1.64. The normalized spacial score (nSPS) is 23.6. The molecule has 2 aliphatic heterocycles. The summed E-state index contributed by atoms with van der Waals surface area (Å²) in [6.07, 6.45) is 4.15. The molecule has 1 spiro atoms. The second-order valence-corrected chi connectivity index (χ2v) is 10.1. The van der Waals surface area contributed by atoms with E-state index < -0.39 is 4.87 Å². The average Bonchev–Trinajstić information content (AvgIpc) is 3.47. The Morgan fingerprint density at radius 2 is 1.77 bits per heavy atom. The molecule has 1 aliphatic carbocycles. The quantitative estimate of drug-likeness (QED) is 0.718. The Bertz CT molecular complexity index is 997. The van der Waals surface area contributed by atoms with Crippen molar-refractivity contribution in [2.24, 2.45) is 5.92 Å². The van der Waals surface area contributed by atoms with E-state index in [1.165, 1.54) is 5.56 Å². The molecular formula is C25H28N2O2S. The summed E-state index contributed by atoms with van der Waals surface area (Å²) in [6.45, 7) is 5.31. The molecule has 2 heterocycles. The number of thioether (sulfide) groups is 1. The first-order valence-corrected chi connectivity index (χ1v) is 11.9. The van der Waals surface area contributed by atoms with Crippen LogP contribution in [-0.4, -0.2) is 29.0 Å². The summed E-state index contributed by atoms with van der Waals surface area (Å²) in [7, 11) is 0. The van der Waals surface area contributed by atoms with Gasteiger partial charge in [0.05, 0.1) is 12.2 Å². The third-order valence-corrected chi connectivity index (χ3v) is 8.20. The molecule has 2 aromatic rings. The summed E-state index contributed by atoms with van der Waals surface area (Å²) in [5.41, 5.74) is 5.38. The number of carbonyl (C=O) groups excluding carboxylic acids is 2. The topological polar surface area (TPSA) is 40.6 Å². The zero-order valence-electron chi connectivity index (χ0n) is 17.7. The van der Waals surface area contributed by atoms with Crippen molar-refractivity contribution < 1.29 is 9.59 Å². The predicted octanol–water partition coefficient (Wildman–Crippen LogP) is 4.77. The highest BCUT2D eigenvalue weighted by Crippen LogP contribution is 2.55. The van der Waals surface area contributed by atoms with Crippen molar-refractivity contribution in [1.82, 2.24) is 4.90 Å². The minimum atomic E-state index is -0.897. The van der Waals surface area contributed by atoms with Gasteiger partial charge in [0.15, 0.2) is 4.87 Å². The molecule has 0 aromatic heterocycles. The highest BCUT2D eigenvalue weighted by molar-refractivity contribution is 8.01. The summed E-state index contributed by atoms with van der Waals surface area (Å²) < 4.78 is 0. The fraction of sp³-hybridized carbons (Fsp3) is 0.440. The highest BCUT2D eigenvalue weighted by atomic mass is 32.2. The van der Waals surface area contributed by atoms with E-state index >= 15 is 0 Å². The molecule has 0 N–H and O–H groups in total. The fourth-order valence-electron chi connectivity index (χ4n) is 5.18. The SMILES string of the molecule is Cc1ccc(CN2C(=O)[C@@]3(SCCN3C(=O)C3CCCC3)c3cc(C)ccc32)cc1. The van der Waals surface area contributed by atoms with Crippen molar-refractivity contribution in [1.29, 1.82) is 0 Å². The number of benzene rings is 2. The Morgan fingerprint density at radius 1 is 1.07 bits per heavy atom. The third kappa shape index (κ3) is 2.97. The molecule has 4 nitrogen and oxygen atoms in total. The molecule has 1 atom stereocenters. The molecule has 3 aliphatic rings. The summed E-state index contributed by atoms with van der Waals surface area (Å²) in [4.78, 5) is 30.4. The van der Waals surface area contributed by atoms with Crippen LogP contribution < -0.4 is 4.90 Å². The van der Waals surface area contributed by atoms with Crippen molar-refractivity contribution in [3.05, 3.63) is 64.7 Å². The maximum Gasteiger partial charge on any atom is 0.268 e. The molecule has 0 radical (unpaired) electrons. The monoisotopic (exact) mass is 420 g/mol. The van der Waals surface area contributed by atoms with E-state index in [1.807, 2.05) is 9.80 Å². The van der Waals surface area contributed by atoms with Crippen molar-refractivity contribution in [2.45, 2.75) is 50.9 Å². The first-order chi connectivity index (χ1) is 14.5. The van der Waals surface area contributed by atoms with Crippen LogP contribution in [0.5, 0.6) is 0 Å². The summed E-state index contributed by atoms with van der Waals surface area (Å²) in [5.74, 6) is 1.09.